The van der Waals surface area contributed by atoms with Crippen LogP contribution in [0.2, 0.25) is 0 Å². The van der Waals surface area contributed by atoms with E-state index in [1.165, 1.54) is 26.4 Å². The summed E-state index contributed by atoms with van der Waals surface area (Å²) in [6, 6.07) is 6.38. The van der Waals surface area contributed by atoms with Crippen LogP contribution in [-0.2, 0) is 10.0 Å². The Morgan fingerprint density at radius 3 is 2.26 bits per heavy atom. The molecule has 0 atom stereocenters. The van der Waals surface area contributed by atoms with Gasteiger partial charge in [-0.1, -0.05) is 0 Å². The number of alkyl halides is 3. The Morgan fingerprint density at radius 1 is 1.00 bits per heavy atom. The first-order chi connectivity index (χ1) is 12.6. The highest BCUT2D eigenvalue weighted by molar-refractivity contribution is 7.92. The molecule has 0 unspecified atom stereocenters. The maximum absolute atomic E-state index is 13.5. The van der Waals surface area contributed by atoms with Crippen molar-refractivity contribution in [3.8, 4) is 17.2 Å². The first-order valence-corrected chi connectivity index (χ1v) is 8.78. The van der Waals surface area contributed by atoms with E-state index in [2.05, 4.69) is 4.74 Å². The van der Waals surface area contributed by atoms with Gasteiger partial charge in [0, 0.05) is 12.1 Å². The molecule has 11 heteroatoms. The van der Waals surface area contributed by atoms with E-state index < -0.39 is 40.1 Å². The highest BCUT2D eigenvalue weighted by Gasteiger charge is 2.29. The van der Waals surface area contributed by atoms with E-state index in [0.29, 0.717) is 6.07 Å². The molecule has 2 rings (SSSR count). The second-order valence-electron chi connectivity index (χ2n) is 5.17. The molecule has 0 amide bonds. The van der Waals surface area contributed by atoms with Crippen LogP contribution in [0.5, 0.6) is 17.2 Å². The number of rotatable bonds is 7. The first kappa shape index (κ1) is 20.6. The topological polar surface area (TPSA) is 73.9 Å². The minimum absolute atomic E-state index is 0.0440. The van der Waals surface area contributed by atoms with Crippen LogP contribution < -0.4 is 18.9 Å². The molecule has 0 fully saturated rings. The zero-order valence-electron chi connectivity index (χ0n) is 14.1. The van der Waals surface area contributed by atoms with Crippen LogP contribution >= 0.6 is 0 Å². The first-order valence-electron chi connectivity index (χ1n) is 7.29. The number of sulfonamides is 1. The zero-order chi connectivity index (χ0) is 20.2. The predicted octanol–water partition coefficient (Wildman–Crippen LogP) is 3.58. The average Bonchev–Trinajstić information content (AvgIpc) is 2.59. The zero-order valence-corrected chi connectivity index (χ0v) is 14.9. The van der Waals surface area contributed by atoms with Gasteiger partial charge in [0.15, 0.2) is 6.61 Å². The van der Waals surface area contributed by atoms with Gasteiger partial charge in [-0.25, -0.2) is 12.8 Å². The van der Waals surface area contributed by atoms with Crippen molar-refractivity contribution in [3.63, 3.8) is 0 Å². The Bertz CT molecular complexity index is 916. The molecule has 148 valence electrons. The van der Waals surface area contributed by atoms with Crippen molar-refractivity contribution < 1.29 is 40.2 Å². The minimum Gasteiger partial charge on any atom is -0.497 e. The van der Waals surface area contributed by atoms with Crippen molar-refractivity contribution >= 4 is 15.7 Å². The summed E-state index contributed by atoms with van der Waals surface area (Å²) in [4.78, 5) is -0.351. The smallest absolute Gasteiger partial charge is 0.422 e. The van der Waals surface area contributed by atoms with Gasteiger partial charge in [0.25, 0.3) is 10.0 Å². The molecule has 1 N–H and O–H groups in total. The van der Waals surface area contributed by atoms with E-state index in [-0.39, 0.29) is 16.4 Å². The molecule has 6 nitrogen and oxygen atoms in total. The predicted molar refractivity (Wildman–Crippen MR) is 88.3 cm³/mol. The number of benzene rings is 2. The monoisotopic (exact) mass is 409 g/mol. The fourth-order valence-corrected chi connectivity index (χ4v) is 3.31. The van der Waals surface area contributed by atoms with Gasteiger partial charge in [0.1, 0.15) is 28.0 Å². The number of methoxy groups -OCH3 is 2. The van der Waals surface area contributed by atoms with E-state index in [4.69, 9.17) is 9.47 Å². The number of nitrogens with one attached hydrogen (secondary N) is 1. The third kappa shape index (κ3) is 5.39. The summed E-state index contributed by atoms with van der Waals surface area (Å²) < 4.78 is 92.5. The molecule has 0 aliphatic carbocycles. The number of hydrogen-bond donors (Lipinski definition) is 1. The van der Waals surface area contributed by atoms with Crippen LogP contribution in [0.25, 0.3) is 0 Å². The Labute approximate surface area is 152 Å². The van der Waals surface area contributed by atoms with Crippen molar-refractivity contribution in [2.45, 2.75) is 11.1 Å². The van der Waals surface area contributed by atoms with E-state index >= 15 is 0 Å². The summed E-state index contributed by atoms with van der Waals surface area (Å²) in [5, 5.41) is 0. The molecule has 0 bridgehead atoms. The Morgan fingerprint density at radius 2 is 1.67 bits per heavy atom. The van der Waals surface area contributed by atoms with Gasteiger partial charge < -0.3 is 14.2 Å². The highest BCUT2D eigenvalue weighted by Crippen LogP contribution is 2.33. The molecule has 0 saturated carbocycles. The lowest BCUT2D eigenvalue weighted by molar-refractivity contribution is -0.153. The van der Waals surface area contributed by atoms with Crippen molar-refractivity contribution in [2.24, 2.45) is 0 Å². The van der Waals surface area contributed by atoms with Crippen molar-refractivity contribution in [1.29, 1.82) is 0 Å². The molecule has 2 aromatic rings. The van der Waals surface area contributed by atoms with Crippen molar-refractivity contribution in [1.82, 2.24) is 0 Å². The van der Waals surface area contributed by atoms with Crippen LogP contribution in [-0.4, -0.2) is 35.4 Å². The van der Waals surface area contributed by atoms with Crippen molar-refractivity contribution in [2.75, 3.05) is 25.5 Å². The maximum Gasteiger partial charge on any atom is 0.422 e. The van der Waals surface area contributed by atoms with Crippen LogP contribution in [0, 0.1) is 5.82 Å². The fraction of sp³-hybridized carbons (Fsp3) is 0.250. The third-order valence-corrected chi connectivity index (χ3v) is 4.62. The summed E-state index contributed by atoms with van der Waals surface area (Å²) in [5.74, 6) is -1.20. The molecule has 0 saturated heterocycles. The molecule has 0 spiro atoms. The Hall–Kier alpha value is -2.69. The molecule has 2 aromatic carbocycles. The molecule has 0 radical (unpaired) electrons. The SMILES string of the molecule is COc1ccc(OC)c(S(=O)(=O)Nc2cc(F)ccc2OCC(F)(F)F)c1. The second kappa shape index (κ2) is 7.91. The summed E-state index contributed by atoms with van der Waals surface area (Å²) >= 11 is 0. The fourth-order valence-electron chi connectivity index (χ4n) is 2.06. The standard InChI is InChI=1S/C16H15F4NO5S/c1-24-11-4-6-14(25-2)15(8-11)27(22,23)21-12-7-10(17)3-5-13(12)26-9-16(18,19)20/h3-8,21H,9H2,1-2H3. The molecule has 0 aromatic heterocycles. The van der Waals surface area contributed by atoms with E-state index in [0.717, 1.165) is 18.2 Å². The molecule has 0 heterocycles. The summed E-state index contributed by atoms with van der Waals surface area (Å²) in [6.07, 6.45) is -4.65. The van der Waals surface area contributed by atoms with Gasteiger partial charge in [-0.15, -0.1) is 0 Å². The van der Waals surface area contributed by atoms with E-state index in [1.54, 1.807) is 0 Å². The van der Waals surface area contributed by atoms with Crippen LogP contribution in [0.4, 0.5) is 23.2 Å². The lowest BCUT2D eigenvalue weighted by Crippen LogP contribution is -2.20. The average molecular weight is 409 g/mol. The normalized spacial score (nSPS) is 11.8. The van der Waals surface area contributed by atoms with Gasteiger partial charge >= 0.3 is 6.18 Å². The van der Waals surface area contributed by atoms with E-state index in [1.807, 2.05) is 4.72 Å². The lowest BCUT2D eigenvalue weighted by Gasteiger charge is -2.16. The number of ether oxygens (including phenoxy) is 3. The highest BCUT2D eigenvalue weighted by atomic mass is 32.2. The van der Waals surface area contributed by atoms with Gasteiger partial charge in [-0.2, -0.15) is 13.2 Å². The Balaban J connectivity index is 2.42. The third-order valence-electron chi connectivity index (χ3n) is 3.24. The quantitative estimate of drug-likeness (QED) is 0.708. The summed E-state index contributed by atoms with van der Waals surface area (Å²) in [5.41, 5.74) is -0.496. The molecule has 0 aliphatic heterocycles. The minimum atomic E-state index is -4.65. The number of halogens is 4. The number of anilines is 1. The number of hydrogen-bond acceptors (Lipinski definition) is 5. The van der Waals surface area contributed by atoms with Gasteiger partial charge in [-0.3, -0.25) is 4.72 Å². The molecule has 27 heavy (non-hydrogen) atoms. The maximum atomic E-state index is 13.5. The van der Waals surface area contributed by atoms with Crippen LogP contribution in [0.3, 0.4) is 0 Å². The Kier molecular flexibility index (Phi) is 6.04. The van der Waals surface area contributed by atoms with Gasteiger partial charge in [0.2, 0.25) is 0 Å². The molecular formula is C16H15F4NO5S. The van der Waals surface area contributed by atoms with Gasteiger partial charge in [-0.05, 0) is 24.3 Å². The van der Waals surface area contributed by atoms with Gasteiger partial charge in [0.05, 0.1) is 19.9 Å². The summed E-state index contributed by atoms with van der Waals surface area (Å²) in [7, 11) is -1.81. The lowest BCUT2D eigenvalue weighted by atomic mass is 10.3. The molecule has 0 aliphatic rings. The molecular weight excluding hydrogens is 394 g/mol. The second-order valence-corrected chi connectivity index (χ2v) is 6.82. The summed E-state index contributed by atoms with van der Waals surface area (Å²) in [6.45, 7) is -1.67. The van der Waals surface area contributed by atoms with Crippen LogP contribution in [0.1, 0.15) is 0 Å². The largest absolute Gasteiger partial charge is 0.497 e. The van der Waals surface area contributed by atoms with Crippen LogP contribution in [0.15, 0.2) is 41.3 Å². The van der Waals surface area contributed by atoms with E-state index in [9.17, 15) is 26.0 Å². The van der Waals surface area contributed by atoms with Crippen molar-refractivity contribution in [3.05, 3.63) is 42.2 Å².